The first-order valence-electron chi connectivity index (χ1n) is 7.80. The number of hydrogen-bond donors (Lipinski definition) is 1. The van der Waals surface area contributed by atoms with Crippen molar-refractivity contribution in [1.82, 2.24) is 19.9 Å². The summed E-state index contributed by atoms with van der Waals surface area (Å²) < 4.78 is 7.08. The zero-order chi connectivity index (χ0) is 16.6. The molecule has 1 aromatic carbocycles. The molecule has 0 amide bonds. The highest BCUT2D eigenvalue weighted by molar-refractivity contribution is 5.50. The number of nitrogens with one attached hydrogen (secondary N) is 1. The van der Waals surface area contributed by atoms with Crippen molar-refractivity contribution in [2.24, 2.45) is 0 Å². The monoisotopic (exact) mass is 320 g/mol. The van der Waals surface area contributed by atoms with Gasteiger partial charge in [0.1, 0.15) is 17.9 Å². The third kappa shape index (κ3) is 4.08. The van der Waals surface area contributed by atoms with Crippen LogP contribution in [-0.4, -0.2) is 28.2 Å². The average molecular weight is 320 g/mol. The van der Waals surface area contributed by atoms with Crippen molar-refractivity contribution in [1.29, 1.82) is 0 Å². The van der Waals surface area contributed by atoms with Crippen LogP contribution < -0.4 is 10.1 Å². The number of ether oxygens (including phenoxy) is 1. The Morgan fingerprint density at radius 3 is 2.79 bits per heavy atom. The Balaban J connectivity index is 1.54. The molecule has 1 N–H and O–H groups in total. The first kappa shape index (κ1) is 16.0. The van der Waals surface area contributed by atoms with Gasteiger partial charge in [-0.25, -0.2) is 9.97 Å². The minimum atomic E-state index is 0.744. The number of aromatic nitrogens is 3. The maximum absolute atomic E-state index is 5.15. The molecule has 3 aromatic rings. The largest absolute Gasteiger partial charge is 0.497 e. The minimum Gasteiger partial charge on any atom is -0.497 e. The van der Waals surface area contributed by atoms with E-state index in [1.54, 1.807) is 25.8 Å². The quantitative estimate of drug-likeness (QED) is 0.680. The van der Waals surface area contributed by atoms with E-state index in [1.165, 1.54) is 0 Å². The molecule has 0 radical (unpaired) electrons. The van der Waals surface area contributed by atoms with E-state index < -0.39 is 0 Å². The lowest BCUT2D eigenvalue weighted by molar-refractivity contribution is 0.415. The average Bonchev–Trinajstić information content (AvgIpc) is 3.17. The predicted octanol–water partition coefficient (Wildman–Crippen LogP) is 3.08. The molecule has 0 atom stereocenters. The van der Waals surface area contributed by atoms with Gasteiger partial charge in [-0.05, 0) is 23.8 Å². The fourth-order valence-corrected chi connectivity index (χ4v) is 2.39. The Kier molecular flexibility index (Phi) is 5.37. The van der Waals surface area contributed by atoms with Crippen LogP contribution in [0.4, 0.5) is 0 Å². The molecule has 2 aromatic heterocycles. The van der Waals surface area contributed by atoms with Gasteiger partial charge in [-0.3, -0.25) is 4.57 Å². The number of benzene rings is 1. The zero-order valence-corrected chi connectivity index (χ0v) is 13.6. The summed E-state index contributed by atoms with van der Waals surface area (Å²) in [7, 11) is 1.67. The van der Waals surface area contributed by atoms with Gasteiger partial charge in [0.2, 0.25) is 0 Å². The molecule has 0 saturated heterocycles. The van der Waals surface area contributed by atoms with Crippen LogP contribution >= 0.6 is 0 Å². The Bertz CT molecular complexity index is 779. The van der Waals surface area contributed by atoms with E-state index in [0.717, 1.165) is 35.8 Å². The molecule has 5 heteroatoms. The Morgan fingerprint density at radius 1 is 1.17 bits per heavy atom. The molecule has 122 valence electrons. The fraction of sp³-hybridized carbons (Fsp3) is 0.158. The number of rotatable bonds is 7. The van der Waals surface area contributed by atoms with E-state index in [-0.39, 0.29) is 0 Å². The molecule has 0 aliphatic rings. The van der Waals surface area contributed by atoms with Crippen LogP contribution in [0.25, 0.3) is 11.9 Å². The van der Waals surface area contributed by atoms with Crippen molar-refractivity contribution in [2.75, 3.05) is 13.7 Å². The maximum Gasteiger partial charge on any atom is 0.142 e. The number of nitrogens with zero attached hydrogens (tertiary/aromatic N) is 3. The highest BCUT2D eigenvalue weighted by Gasteiger charge is 2.04. The van der Waals surface area contributed by atoms with Gasteiger partial charge in [-0.15, -0.1) is 0 Å². The van der Waals surface area contributed by atoms with Crippen LogP contribution in [0, 0.1) is 0 Å². The fourth-order valence-electron chi connectivity index (χ4n) is 2.39. The van der Waals surface area contributed by atoms with Gasteiger partial charge in [-0.1, -0.05) is 30.4 Å². The SMILES string of the molecule is COc1ccc(/C=C/CNCc2cccnc2-n2ccnc2)cc1. The molecular weight excluding hydrogens is 300 g/mol. The second-order valence-corrected chi connectivity index (χ2v) is 5.26. The number of pyridine rings is 1. The molecule has 0 bridgehead atoms. The molecule has 2 heterocycles. The van der Waals surface area contributed by atoms with Gasteiger partial charge >= 0.3 is 0 Å². The minimum absolute atomic E-state index is 0.744. The summed E-state index contributed by atoms with van der Waals surface area (Å²) in [6, 6.07) is 12.0. The van der Waals surface area contributed by atoms with Gasteiger partial charge in [-0.2, -0.15) is 0 Å². The summed E-state index contributed by atoms with van der Waals surface area (Å²) in [6.07, 6.45) is 11.4. The number of methoxy groups -OCH3 is 1. The third-order valence-electron chi connectivity index (χ3n) is 3.62. The van der Waals surface area contributed by atoms with Crippen molar-refractivity contribution < 1.29 is 4.74 Å². The number of hydrogen-bond acceptors (Lipinski definition) is 4. The molecule has 0 unspecified atom stereocenters. The second kappa shape index (κ2) is 8.08. The maximum atomic E-state index is 5.15. The van der Waals surface area contributed by atoms with Crippen LogP contribution in [0.15, 0.2) is 67.4 Å². The molecule has 0 spiro atoms. The molecule has 0 fully saturated rings. The van der Waals surface area contributed by atoms with Crippen LogP contribution in [0.3, 0.4) is 0 Å². The standard InChI is InChI=1S/C19H20N4O/c1-24-18-8-6-16(7-9-18)4-2-10-20-14-17-5-3-11-22-19(17)23-13-12-21-15-23/h2-9,11-13,15,20H,10,14H2,1H3/b4-2+. The summed E-state index contributed by atoms with van der Waals surface area (Å²) in [5.41, 5.74) is 2.28. The lowest BCUT2D eigenvalue weighted by Gasteiger charge is -2.09. The van der Waals surface area contributed by atoms with Crippen molar-refractivity contribution in [3.63, 3.8) is 0 Å². The lowest BCUT2D eigenvalue weighted by atomic mass is 10.2. The number of imidazole rings is 1. The molecule has 0 saturated carbocycles. The van der Waals surface area contributed by atoms with Crippen LogP contribution in [-0.2, 0) is 6.54 Å². The zero-order valence-electron chi connectivity index (χ0n) is 13.6. The molecule has 5 nitrogen and oxygen atoms in total. The molecule has 24 heavy (non-hydrogen) atoms. The molecular formula is C19H20N4O. The van der Waals surface area contributed by atoms with E-state index in [9.17, 15) is 0 Å². The highest BCUT2D eigenvalue weighted by Crippen LogP contribution is 2.12. The first-order chi connectivity index (χ1) is 11.9. The first-order valence-corrected chi connectivity index (χ1v) is 7.80. The summed E-state index contributed by atoms with van der Waals surface area (Å²) in [5.74, 6) is 1.77. The smallest absolute Gasteiger partial charge is 0.142 e. The van der Waals surface area contributed by atoms with Crippen LogP contribution in [0.5, 0.6) is 5.75 Å². The van der Waals surface area contributed by atoms with Crippen molar-refractivity contribution in [3.05, 3.63) is 78.5 Å². The van der Waals surface area contributed by atoms with Gasteiger partial charge < -0.3 is 10.1 Å². The van der Waals surface area contributed by atoms with E-state index in [0.29, 0.717) is 0 Å². The van der Waals surface area contributed by atoms with E-state index in [1.807, 2.05) is 41.1 Å². The van der Waals surface area contributed by atoms with Gasteiger partial charge in [0.25, 0.3) is 0 Å². The normalized spacial score (nSPS) is 11.0. The summed E-state index contributed by atoms with van der Waals surface area (Å²) in [4.78, 5) is 8.51. The topological polar surface area (TPSA) is 52.0 Å². The summed E-state index contributed by atoms with van der Waals surface area (Å²) in [6.45, 7) is 1.53. The van der Waals surface area contributed by atoms with E-state index in [4.69, 9.17) is 4.74 Å². The van der Waals surface area contributed by atoms with Gasteiger partial charge in [0.15, 0.2) is 0 Å². The van der Waals surface area contributed by atoms with Gasteiger partial charge in [0.05, 0.1) is 7.11 Å². The predicted molar refractivity (Wildman–Crippen MR) is 95.1 cm³/mol. The third-order valence-corrected chi connectivity index (χ3v) is 3.62. The van der Waals surface area contributed by atoms with E-state index >= 15 is 0 Å². The van der Waals surface area contributed by atoms with Crippen molar-refractivity contribution >= 4 is 6.08 Å². The lowest BCUT2D eigenvalue weighted by Crippen LogP contribution is -2.15. The second-order valence-electron chi connectivity index (χ2n) is 5.26. The summed E-state index contributed by atoms with van der Waals surface area (Å²) in [5, 5.41) is 3.41. The Morgan fingerprint density at radius 2 is 2.04 bits per heavy atom. The van der Waals surface area contributed by atoms with Crippen molar-refractivity contribution in [2.45, 2.75) is 6.54 Å². The van der Waals surface area contributed by atoms with Gasteiger partial charge in [0, 0.05) is 37.2 Å². The molecule has 3 rings (SSSR count). The Labute approximate surface area is 141 Å². The highest BCUT2D eigenvalue weighted by atomic mass is 16.5. The van der Waals surface area contributed by atoms with Crippen LogP contribution in [0.1, 0.15) is 11.1 Å². The Hall–Kier alpha value is -2.92. The van der Waals surface area contributed by atoms with E-state index in [2.05, 4.69) is 33.5 Å². The van der Waals surface area contributed by atoms with Crippen LogP contribution in [0.2, 0.25) is 0 Å². The molecule has 0 aliphatic carbocycles. The van der Waals surface area contributed by atoms with Crippen molar-refractivity contribution in [3.8, 4) is 11.6 Å². The summed E-state index contributed by atoms with van der Waals surface area (Å²) >= 11 is 0. The molecule has 0 aliphatic heterocycles.